The summed E-state index contributed by atoms with van der Waals surface area (Å²) >= 11 is 3.47. The molecule has 2 unspecified atom stereocenters. The summed E-state index contributed by atoms with van der Waals surface area (Å²) in [5, 5.41) is 19.3. The number of aliphatic hydroxyl groups is 1. The van der Waals surface area contributed by atoms with Crippen LogP contribution < -0.4 is 10.6 Å². The van der Waals surface area contributed by atoms with E-state index in [0.29, 0.717) is 19.5 Å². The first-order valence-electron chi connectivity index (χ1n) is 20.6. The first-order chi connectivity index (χ1) is 29.1. The average molecular weight is 842 g/mol. The number of rotatable bonds is 11. The molecule has 0 bridgehead atoms. The van der Waals surface area contributed by atoms with Crippen molar-refractivity contribution in [2.75, 3.05) is 19.7 Å². The van der Waals surface area contributed by atoms with Gasteiger partial charge in [-0.15, -0.1) is 22.7 Å². The molecule has 0 saturated carbocycles. The number of benzene rings is 3. The number of carbonyl (C=O) groups excluding carboxylic acids is 4. The van der Waals surface area contributed by atoms with Crippen LogP contribution in [0.25, 0.3) is 42.7 Å². The molecule has 3 aliphatic heterocycles. The molecule has 4 amide bonds. The molecule has 0 spiro atoms. The number of nitrogens with one attached hydrogen (secondary N) is 3. The molecule has 0 aliphatic carbocycles. The van der Waals surface area contributed by atoms with Gasteiger partial charge in [0.25, 0.3) is 0 Å². The van der Waals surface area contributed by atoms with Gasteiger partial charge in [0.1, 0.15) is 24.5 Å². The second-order valence-electron chi connectivity index (χ2n) is 16.3. The molecule has 308 valence electrons. The van der Waals surface area contributed by atoms with Crippen LogP contribution in [-0.4, -0.2) is 86.0 Å². The maximum atomic E-state index is 14.0. The van der Waals surface area contributed by atoms with Crippen molar-refractivity contribution in [1.29, 1.82) is 0 Å². The lowest BCUT2D eigenvalue weighted by atomic mass is 9.99. The second kappa shape index (κ2) is 16.4. The highest BCUT2D eigenvalue weighted by molar-refractivity contribution is 7.27. The summed E-state index contributed by atoms with van der Waals surface area (Å²) in [5.41, 5.74) is 10.1. The lowest BCUT2D eigenvalue weighted by Crippen LogP contribution is -2.51. The summed E-state index contributed by atoms with van der Waals surface area (Å²) in [6.45, 7) is 5.76. The van der Waals surface area contributed by atoms with Gasteiger partial charge in [-0.05, 0) is 78.1 Å². The number of carbonyl (C=O) groups is 4. The van der Waals surface area contributed by atoms with Gasteiger partial charge in [0.2, 0.25) is 23.6 Å². The molecule has 3 aliphatic rings. The zero-order chi connectivity index (χ0) is 41.7. The number of H-pyrrole nitrogens is 1. The van der Waals surface area contributed by atoms with Gasteiger partial charge in [-0.1, -0.05) is 56.3 Å². The fourth-order valence-electron chi connectivity index (χ4n) is 9.06. The molecule has 14 heteroatoms. The second-order valence-corrected chi connectivity index (χ2v) is 18.1. The highest BCUT2D eigenvalue weighted by Crippen LogP contribution is 2.46. The van der Waals surface area contributed by atoms with E-state index in [4.69, 9.17) is 9.98 Å². The molecule has 0 radical (unpaired) electrons. The van der Waals surface area contributed by atoms with E-state index in [1.54, 1.807) is 22.7 Å². The molecule has 3 aromatic heterocycles. The van der Waals surface area contributed by atoms with E-state index in [9.17, 15) is 24.3 Å². The van der Waals surface area contributed by atoms with Crippen LogP contribution in [0.15, 0.2) is 82.5 Å². The Morgan fingerprint density at radius 2 is 1.52 bits per heavy atom. The van der Waals surface area contributed by atoms with Crippen LogP contribution in [0.3, 0.4) is 0 Å². The number of aliphatic hydroxyl groups excluding tert-OH is 1. The molecule has 12 nitrogen and oxygen atoms in total. The number of aromatic nitrogens is 2. The Balaban J connectivity index is 0.922. The van der Waals surface area contributed by atoms with Crippen LogP contribution in [0.1, 0.15) is 75.5 Å². The number of aromatic amines is 1. The van der Waals surface area contributed by atoms with Crippen LogP contribution in [0.4, 0.5) is 5.69 Å². The van der Waals surface area contributed by atoms with Crippen molar-refractivity contribution in [2.24, 2.45) is 10.9 Å². The third-order valence-electron chi connectivity index (χ3n) is 12.0. The molecule has 9 rings (SSSR count). The van der Waals surface area contributed by atoms with Crippen molar-refractivity contribution < 1.29 is 24.3 Å². The third kappa shape index (κ3) is 7.41. The van der Waals surface area contributed by atoms with Gasteiger partial charge in [0.05, 0.1) is 38.2 Å². The van der Waals surface area contributed by atoms with Crippen molar-refractivity contribution in [1.82, 2.24) is 30.4 Å². The summed E-state index contributed by atoms with van der Waals surface area (Å²) in [5.74, 6) is -0.476. The third-order valence-corrected chi connectivity index (χ3v) is 14.2. The van der Waals surface area contributed by atoms with E-state index in [0.717, 1.165) is 81.8 Å². The van der Waals surface area contributed by atoms with Crippen LogP contribution >= 0.6 is 22.7 Å². The fraction of sp³-hybridized carbons (Fsp3) is 0.348. The van der Waals surface area contributed by atoms with Crippen molar-refractivity contribution in [3.8, 4) is 22.3 Å². The van der Waals surface area contributed by atoms with Gasteiger partial charge in [0, 0.05) is 54.0 Å². The SMILES string of the molecule is CC(=O)N[C@@H](C(=O)N1CCCC1C1=Nc2ccc(-c3csc4c(-c5ccc6nc(C7CCCN7C(=O)[C@H](NC(=O)CO)C(C)C)[nH]c6c5)csc34)cc2C1)c1ccccc1. The number of nitrogens with zero attached hydrogens (tertiary/aromatic N) is 4. The van der Waals surface area contributed by atoms with Crippen LogP contribution in [0.5, 0.6) is 0 Å². The standard InChI is InChI=1S/C46H47N7O5S2/c1-25(2)40(51-39(56)22-54)45(57)53-18-8-12-38(53)44-49-34-16-14-29(20-35(34)50-44)32-24-60-42-31(23-59-43(32)42)28-13-15-33-30(19-28)21-36(48-33)37-11-7-17-52(37)46(58)41(47-26(3)55)27-9-5-4-6-10-27/h4-6,9-10,13-16,19-20,23-25,37-38,40-41,54H,7-8,11-12,17-18,21-22H2,1-3H3,(H,47,55)(H,49,50)(H,51,56)/t37?,38?,40-,41-/m1/s1. The van der Waals surface area contributed by atoms with E-state index in [2.05, 4.69) is 56.7 Å². The quantitative estimate of drug-likeness (QED) is 0.106. The number of thiophene rings is 2. The molecule has 4 N–H and O–H groups in total. The largest absolute Gasteiger partial charge is 0.387 e. The van der Waals surface area contributed by atoms with Gasteiger partial charge in [-0.25, -0.2) is 4.98 Å². The Labute approximate surface area is 355 Å². The summed E-state index contributed by atoms with van der Waals surface area (Å²) < 4.78 is 2.45. The molecule has 6 heterocycles. The zero-order valence-corrected chi connectivity index (χ0v) is 35.4. The minimum absolute atomic E-state index is 0.102. The predicted molar refractivity (Wildman–Crippen MR) is 236 cm³/mol. The maximum absolute atomic E-state index is 14.0. The molecule has 60 heavy (non-hydrogen) atoms. The number of fused-ring (bicyclic) bond motifs is 3. The molecule has 2 fully saturated rings. The van der Waals surface area contributed by atoms with Crippen LogP contribution in [0.2, 0.25) is 0 Å². The highest BCUT2D eigenvalue weighted by Gasteiger charge is 2.39. The number of aliphatic imine (C=N–C) groups is 1. The Morgan fingerprint density at radius 1 is 0.850 bits per heavy atom. The molecular formula is C46H47N7O5S2. The summed E-state index contributed by atoms with van der Waals surface area (Å²) in [6.07, 6.45) is 4.00. The van der Waals surface area contributed by atoms with Crippen molar-refractivity contribution in [3.05, 3.63) is 94.4 Å². The molecule has 6 aromatic rings. The van der Waals surface area contributed by atoms with E-state index in [1.165, 1.54) is 21.9 Å². The maximum Gasteiger partial charge on any atom is 0.250 e. The molecular weight excluding hydrogens is 795 g/mol. The monoisotopic (exact) mass is 841 g/mol. The van der Waals surface area contributed by atoms with Crippen molar-refractivity contribution in [2.45, 2.75) is 77.0 Å². The number of hydrogen-bond acceptors (Lipinski definition) is 9. The average Bonchev–Trinajstić information content (AvgIpc) is 4.11. The number of likely N-dealkylation sites (tertiary alicyclic amines) is 2. The van der Waals surface area contributed by atoms with Gasteiger partial charge in [-0.3, -0.25) is 24.2 Å². The first kappa shape index (κ1) is 39.7. The Kier molecular flexibility index (Phi) is 10.9. The van der Waals surface area contributed by atoms with Gasteiger partial charge < -0.3 is 30.5 Å². The molecule has 2 saturated heterocycles. The van der Waals surface area contributed by atoms with Crippen LogP contribution in [-0.2, 0) is 25.6 Å². The van der Waals surface area contributed by atoms with E-state index in [1.807, 2.05) is 60.0 Å². The topological polar surface area (TPSA) is 160 Å². The Bertz CT molecular complexity index is 2660. The van der Waals surface area contributed by atoms with Crippen molar-refractivity contribution >= 4 is 78.1 Å². The van der Waals surface area contributed by atoms with Crippen molar-refractivity contribution in [3.63, 3.8) is 0 Å². The molecule has 3 aromatic carbocycles. The van der Waals surface area contributed by atoms with E-state index in [-0.39, 0.29) is 35.7 Å². The summed E-state index contributed by atoms with van der Waals surface area (Å²) in [6, 6.07) is 20.4. The zero-order valence-electron chi connectivity index (χ0n) is 33.7. The Hall–Kier alpha value is -5.70. The number of amides is 4. The molecule has 4 atom stereocenters. The number of imidazole rings is 1. The minimum atomic E-state index is -0.741. The summed E-state index contributed by atoms with van der Waals surface area (Å²) in [7, 11) is 0. The lowest BCUT2D eigenvalue weighted by Gasteiger charge is -2.30. The van der Waals surface area contributed by atoms with Crippen LogP contribution in [0, 0.1) is 5.92 Å². The summed E-state index contributed by atoms with van der Waals surface area (Å²) in [4.78, 5) is 69.1. The predicted octanol–water partition coefficient (Wildman–Crippen LogP) is 7.47. The highest BCUT2D eigenvalue weighted by atomic mass is 32.1. The number of hydrogen-bond donors (Lipinski definition) is 4. The smallest absolute Gasteiger partial charge is 0.250 e. The fourth-order valence-corrected chi connectivity index (χ4v) is 11.5. The van der Waals surface area contributed by atoms with Gasteiger partial charge >= 0.3 is 0 Å². The van der Waals surface area contributed by atoms with E-state index >= 15 is 0 Å². The first-order valence-corrected chi connectivity index (χ1v) is 22.4. The van der Waals surface area contributed by atoms with Gasteiger partial charge in [0.15, 0.2) is 0 Å². The van der Waals surface area contributed by atoms with Gasteiger partial charge in [-0.2, -0.15) is 0 Å². The minimum Gasteiger partial charge on any atom is -0.387 e. The Morgan fingerprint density at radius 3 is 2.20 bits per heavy atom. The lowest BCUT2D eigenvalue weighted by molar-refractivity contribution is -0.139. The normalized spacial score (nSPS) is 18.6. The van der Waals surface area contributed by atoms with E-state index < -0.39 is 24.6 Å².